The molecule has 0 radical (unpaired) electrons. The smallest absolute Gasteiger partial charge is 0.263 e. The van der Waals surface area contributed by atoms with Crippen LogP contribution in [0.1, 0.15) is 11.1 Å². The van der Waals surface area contributed by atoms with Crippen molar-refractivity contribution in [3.63, 3.8) is 0 Å². The van der Waals surface area contributed by atoms with Gasteiger partial charge in [0.25, 0.3) is 0 Å². The SMILES string of the molecule is Cc1ccc(S(=O)[CH-]c2ccccc2)cc1.[Li+]. The molecule has 2 aromatic rings. The Balaban J connectivity index is 0.00000144. The molecule has 0 fully saturated rings. The Hall–Kier alpha value is -0.943. The third kappa shape index (κ3) is 4.09. The Bertz CT molecular complexity index is 479. The molecule has 0 aliphatic rings. The van der Waals surface area contributed by atoms with Crippen molar-refractivity contribution in [2.45, 2.75) is 11.8 Å². The molecule has 2 aromatic carbocycles. The topological polar surface area (TPSA) is 17.1 Å². The molecule has 0 heterocycles. The minimum absolute atomic E-state index is 0. The summed E-state index contributed by atoms with van der Waals surface area (Å²) in [5.41, 5.74) is 2.17. The molecule has 2 rings (SSSR count). The Labute approximate surface area is 117 Å². The van der Waals surface area contributed by atoms with Crippen molar-refractivity contribution < 1.29 is 23.1 Å². The summed E-state index contributed by atoms with van der Waals surface area (Å²) in [6.45, 7) is 2.02. The number of rotatable bonds is 3. The maximum absolute atomic E-state index is 12.0. The van der Waals surface area contributed by atoms with E-state index in [0.717, 1.165) is 10.5 Å². The number of hydrogen-bond acceptors (Lipinski definition) is 1. The average molecular weight is 236 g/mol. The minimum Gasteiger partial charge on any atom is -0.263 e. The molecule has 1 nitrogen and oxygen atoms in total. The summed E-state index contributed by atoms with van der Waals surface area (Å²) in [6, 6.07) is 17.5. The zero-order chi connectivity index (χ0) is 11.4. The van der Waals surface area contributed by atoms with Crippen molar-refractivity contribution in [3.05, 3.63) is 71.5 Å². The van der Waals surface area contributed by atoms with Crippen molar-refractivity contribution in [2.24, 2.45) is 0 Å². The van der Waals surface area contributed by atoms with E-state index in [1.165, 1.54) is 5.56 Å². The van der Waals surface area contributed by atoms with Crippen LogP contribution < -0.4 is 18.9 Å². The van der Waals surface area contributed by atoms with E-state index in [1.807, 2.05) is 61.5 Å². The predicted molar refractivity (Wildman–Crippen MR) is 67.4 cm³/mol. The normalized spacial score (nSPS) is 11.4. The molecule has 0 spiro atoms. The molecule has 1 atom stereocenters. The summed E-state index contributed by atoms with van der Waals surface area (Å²) >= 11 is 0. The molecule has 0 aliphatic heterocycles. The quantitative estimate of drug-likeness (QED) is 0.554. The zero-order valence-corrected chi connectivity index (χ0v) is 10.9. The second kappa shape index (κ2) is 6.71. The van der Waals surface area contributed by atoms with E-state index in [2.05, 4.69) is 0 Å². The van der Waals surface area contributed by atoms with Gasteiger partial charge in [0.2, 0.25) is 0 Å². The van der Waals surface area contributed by atoms with Gasteiger partial charge in [-0.3, -0.25) is 4.21 Å². The van der Waals surface area contributed by atoms with E-state index in [0.29, 0.717) is 0 Å². The van der Waals surface area contributed by atoms with Crippen LogP contribution in [-0.2, 0) is 10.8 Å². The van der Waals surface area contributed by atoms with Gasteiger partial charge < -0.3 is 0 Å². The molecular formula is C14H13LiOS. The van der Waals surface area contributed by atoms with E-state index < -0.39 is 10.8 Å². The standard InChI is InChI=1S/C14H13OS.Li/c1-12-7-9-14(10-8-12)16(15)11-13-5-3-2-4-6-13;/h2-11H,1H3;/q-1;+1. The summed E-state index contributed by atoms with van der Waals surface area (Å²) in [4.78, 5) is 0.842. The van der Waals surface area contributed by atoms with Gasteiger partial charge in [0.15, 0.2) is 0 Å². The summed E-state index contributed by atoms with van der Waals surface area (Å²) in [5.74, 6) is 1.77. The van der Waals surface area contributed by atoms with Gasteiger partial charge in [0.05, 0.1) is 0 Å². The zero-order valence-electron chi connectivity index (χ0n) is 10.1. The van der Waals surface area contributed by atoms with Crippen molar-refractivity contribution in [3.8, 4) is 0 Å². The fourth-order valence-electron chi connectivity index (χ4n) is 1.40. The van der Waals surface area contributed by atoms with Crippen molar-refractivity contribution in [1.29, 1.82) is 0 Å². The molecule has 82 valence electrons. The van der Waals surface area contributed by atoms with Crippen LogP contribution >= 0.6 is 0 Å². The van der Waals surface area contributed by atoms with Gasteiger partial charge in [0.1, 0.15) is 0 Å². The van der Waals surface area contributed by atoms with E-state index in [-0.39, 0.29) is 18.9 Å². The maximum Gasteiger partial charge on any atom is 1.00 e. The van der Waals surface area contributed by atoms with E-state index in [1.54, 1.807) is 5.75 Å². The second-order valence-electron chi connectivity index (χ2n) is 3.64. The molecule has 0 saturated heterocycles. The first-order chi connectivity index (χ1) is 7.75. The van der Waals surface area contributed by atoms with Gasteiger partial charge >= 0.3 is 18.9 Å². The monoisotopic (exact) mass is 236 g/mol. The van der Waals surface area contributed by atoms with E-state index in [4.69, 9.17) is 0 Å². The van der Waals surface area contributed by atoms with Crippen LogP contribution in [-0.4, -0.2) is 4.21 Å². The molecular weight excluding hydrogens is 223 g/mol. The summed E-state index contributed by atoms with van der Waals surface area (Å²) in [5, 5.41) is 0. The van der Waals surface area contributed by atoms with Crippen LogP contribution in [0.4, 0.5) is 0 Å². The summed E-state index contributed by atoms with van der Waals surface area (Å²) < 4.78 is 12.0. The third-order valence-electron chi connectivity index (χ3n) is 2.30. The van der Waals surface area contributed by atoms with Crippen molar-refractivity contribution >= 4 is 10.8 Å². The van der Waals surface area contributed by atoms with Crippen LogP contribution in [0.15, 0.2) is 59.5 Å². The summed E-state index contributed by atoms with van der Waals surface area (Å²) in [6.07, 6.45) is 0. The first-order valence-electron chi connectivity index (χ1n) is 5.13. The number of hydrogen-bond donors (Lipinski definition) is 0. The Morgan fingerprint density at radius 2 is 1.53 bits per heavy atom. The Kier molecular flexibility index (Phi) is 5.57. The van der Waals surface area contributed by atoms with Gasteiger partial charge in [0, 0.05) is 15.7 Å². The average Bonchev–Trinajstić information content (AvgIpc) is 2.31. The first kappa shape index (κ1) is 14.1. The molecule has 17 heavy (non-hydrogen) atoms. The number of benzene rings is 2. The van der Waals surface area contributed by atoms with Gasteiger partial charge in [-0.2, -0.15) is 17.7 Å². The van der Waals surface area contributed by atoms with Gasteiger partial charge in [-0.15, -0.1) is 12.1 Å². The molecule has 0 N–H and O–H groups in total. The van der Waals surface area contributed by atoms with Crippen LogP contribution in [0, 0.1) is 12.7 Å². The predicted octanol–water partition coefficient (Wildman–Crippen LogP) is 0.317. The molecule has 0 amide bonds. The Morgan fingerprint density at radius 1 is 0.941 bits per heavy atom. The fourth-order valence-corrected chi connectivity index (χ4v) is 2.34. The fraction of sp³-hybridized carbons (Fsp3) is 0.0714. The maximum atomic E-state index is 12.0. The molecule has 0 bridgehead atoms. The first-order valence-corrected chi connectivity index (χ1v) is 6.34. The van der Waals surface area contributed by atoms with Gasteiger partial charge in [-0.25, -0.2) is 0 Å². The second-order valence-corrected chi connectivity index (χ2v) is 4.94. The molecule has 3 heteroatoms. The van der Waals surface area contributed by atoms with E-state index in [9.17, 15) is 4.21 Å². The summed E-state index contributed by atoms with van der Waals surface area (Å²) in [7, 11) is -1.07. The Morgan fingerprint density at radius 3 is 2.12 bits per heavy atom. The van der Waals surface area contributed by atoms with Crippen LogP contribution in [0.25, 0.3) is 0 Å². The van der Waals surface area contributed by atoms with E-state index >= 15 is 0 Å². The largest absolute Gasteiger partial charge is 1.00 e. The molecule has 1 unspecified atom stereocenters. The van der Waals surface area contributed by atoms with Crippen molar-refractivity contribution in [2.75, 3.05) is 0 Å². The van der Waals surface area contributed by atoms with Crippen LogP contribution in [0.5, 0.6) is 0 Å². The third-order valence-corrected chi connectivity index (χ3v) is 3.52. The van der Waals surface area contributed by atoms with Crippen LogP contribution in [0.2, 0.25) is 0 Å². The molecule has 0 saturated carbocycles. The van der Waals surface area contributed by atoms with Gasteiger partial charge in [-0.1, -0.05) is 29.5 Å². The van der Waals surface area contributed by atoms with Crippen molar-refractivity contribution in [1.82, 2.24) is 0 Å². The minimum atomic E-state index is -1.07. The molecule has 0 aliphatic carbocycles. The van der Waals surface area contributed by atoms with Crippen LogP contribution in [0.3, 0.4) is 0 Å². The van der Waals surface area contributed by atoms with Gasteiger partial charge in [-0.05, 0) is 19.1 Å². The number of aryl methyl sites for hydroxylation is 1. The molecule has 0 aromatic heterocycles.